The van der Waals surface area contributed by atoms with Gasteiger partial charge in [-0.3, -0.25) is 4.79 Å². The van der Waals surface area contributed by atoms with Crippen LogP contribution in [0.2, 0.25) is 0 Å². The highest BCUT2D eigenvalue weighted by molar-refractivity contribution is 9.10. The highest BCUT2D eigenvalue weighted by Gasteiger charge is 2.09. The van der Waals surface area contributed by atoms with Gasteiger partial charge in [0.25, 0.3) is 5.56 Å². The number of ether oxygens (including phenoxy) is 1. The van der Waals surface area contributed by atoms with Gasteiger partial charge in [0, 0.05) is 10.9 Å². The minimum Gasteiger partial charge on any atom is -0.489 e. The molecule has 0 fully saturated rings. The van der Waals surface area contributed by atoms with Crippen molar-refractivity contribution in [1.29, 1.82) is 0 Å². The van der Waals surface area contributed by atoms with E-state index in [0.717, 1.165) is 21.3 Å². The van der Waals surface area contributed by atoms with E-state index in [-0.39, 0.29) is 5.56 Å². The van der Waals surface area contributed by atoms with Gasteiger partial charge >= 0.3 is 0 Å². The third-order valence-electron chi connectivity index (χ3n) is 4.62. The van der Waals surface area contributed by atoms with E-state index in [9.17, 15) is 4.79 Å². The Hall–Kier alpha value is -3.25. The fraction of sp³-hybridized carbons (Fsp3) is 0.125. The van der Waals surface area contributed by atoms with Crippen molar-refractivity contribution in [2.45, 2.75) is 20.0 Å². The van der Waals surface area contributed by atoms with Crippen LogP contribution in [0.15, 0.2) is 87.2 Å². The molecule has 4 aromatic rings. The summed E-state index contributed by atoms with van der Waals surface area (Å²) in [4.78, 5) is 17.6. The lowest BCUT2D eigenvalue weighted by molar-refractivity contribution is 0.306. The molecule has 30 heavy (non-hydrogen) atoms. The van der Waals surface area contributed by atoms with E-state index in [1.165, 1.54) is 4.68 Å². The van der Waals surface area contributed by atoms with Gasteiger partial charge in [-0.1, -0.05) is 65.3 Å². The Labute approximate surface area is 182 Å². The van der Waals surface area contributed by atoms with Gasteiger partial charge in [0.05, 0.1) is 17.1 Å². The summed E-state index contributed by atoms with van der Waals surface area (Å²) in [6.45, 7) is 2.45. The minimum absolute atomic E-state index is 0.189. The molecule has 0 aliphatic heterocycles. The summed E-state index contributed by atoms with van der Waals surface area (Å²) in [5, 5.41) is 4.96. The molecule has 0 saturated carbocycles. The Morgan fingerprint density at radius 3 is 2.70 bits per heavy atom. The molecule has 0 bridgehead atoms. The van der Waals surface area contributed by atoms with Gasteiger partial charge in [-0.15, -0.1) is 0 Å². The first-order valence-electron chi connectivity index (χ1n) is 9.66. The second-order valence-electron chi connectivity index (χ2n) is 6.75. The number of nitrogens with zero attached hydrogens (tertiary/aromatic N) is 3. The van der Waals surface area contributed by atoms with Gasteiger partial charge < -0.3 is 4.74 Å². The van der Waals surface area contributed by atoms with Crippen LogP contribution in [-0.4, -0.2) is 15.9 Å². The zero-order valence-corrected chi connectivity index (χ0v) is 18.0. The maximum atomic E-state index is 13.0. The van der Waals surface area contributed by atoms with Crippen LogP contribution in [0.3, 0.4) is 0 Å². The van der Waals surface area contributed by atoms with E-state index in [1.807, 2.05) is 73.7 Å². The summed E-state index contributed by atoms with van der Waals surface area (Å²) in [6.07, 6.45) is 2.25. The molecule has 0 spiro atoms. The molecular weight excluding hydrogens is 442 g/mol. The fourth-order valence-corrected chi connectivity index (χ4v) is 3.45. The van der Waals surface area contributed by atoms with Crippen LogP contribution in [0.4, 0.5) is 0 Å². The molecule has 3 aromatic carbocycles. The molecule has 1 aromatic heterocycles. The van der Waals surface area contributed by atoms with Crippen molar-refractivity contribution >= 4 is 33.0 Å². The smallest absolute Gasteiger partial charge is 0.282 e. The zero-order valence-electron chi connectivity index (χ0n) is 16.5. The number of fused-ring (bicyclic) bond motifs is 1. The zero-order chi connectivity index (χ0) is 20.9. The van der Waals surface area contributed by atoms with Crippen molar-refractivity contribution in [1.82, 2.24) is 9.66 Å². The van der Waals surface area contributed by atoms with Gasteiger partial charge in [-0.2, -0.15) is 9.78 Å². The number of benzene rings is 3. The molecule has 4 rings (SSSR count). The summed E-state index contributed by atoms with van der Waals surface area (Å²) in [6, 6.07) is 23.1. The van der Waals surface area contributed by atoms with E-state index in [0.29, 0.717) is 29.8 Å². The summed E-state index contributed by atoms with van der Waals surface area (Å²) >= 11 is 3.41. The van der Waals surface area contributed by atoms with Crippen LogP contribution >= 0.6 is 15.9 Å². The van der Waals surface area contributed by atoms with Gasteiger partial charge in [0.2, 0.25) is 0 Å². The quantitative estimate of drug-likeness (QED) is 0.371. The number of hydrogen-bond donors (Lipinski definition) is 0. The number of halogens is 1. The van der Waals surface area contributed by atoms with Crippen molar-refractivity contribution in [3.63, 3.8) is 0 Å². The van der Waals surface area contributed by atoms with Crippen molar-refractivity contribution in [2.24, 2.45) is 5.10 Å². The molecule has 0 atom stereocenters. The van der Waals surface area contributed by atoms with Crippen LogP contribution < -0.4 is 10.3 Å². The normalized spacial score (nSPS) is 11.3. The molecular formula is C24H20BrN3O2. The molecule has 0 saturated heterocycles. The summed E-state index contributed by atoms with van der Waals surface area (Å²) < 4.78 is 8.07. The lowest BCUT2D eigenvalue weighted by Gasteiger charge is -2.08. The monoisotopic (exact) mass is 461 g/mol. The fourth-order valence-electron chi connectivity index (χ4n) is 3.09. The molecule has 0 aliphatic rings. The second-order valence-corrected chi connectivity index (χ2v) is 7.67. The first-order valence-corrected chi connectivity index (χ1v) is 10.5. The number of rotatable bonds is 6. The molecule has 0 N–H and O–H groups in total. The average Bonchev–Trinajstić information content (AvgIpc) is 2.78. The molecule has 150 valence electrons. The van der Waals surface area contributed by atoms with Crippen molar-refractivity contribution in [3.05, 3.63) is 105 Å². The van der Waals surface area contributed by atoms with E-state index in [2.05, 4.69) is 26.0 Å². The summed E-state index contributed by atoms with van der Waals surface area (Å²) in [7, 11) is 0. The average molecular weight is 462 g/mol. The van der Waals surface area contributed by atoms with Crippen LogP contribution in [0.1, 0.15) is 23.9 Å². The Bertz CT molecular complexity index is 1270. The van der Waals surface area contributed by atoms with Gasteiger partial charge in [-0.25, -0.2) is 4.98 Å². The van der Waals surface area contributed by atoms with E-state index >= 15 is 0 Å². The number of aromatic nitrogens is 2. The standard InChI is InChI=1S/C24H20BrN3O2/c1-2-23-27-22-12-11-19(25)14-21(22)24(29)28(23)26-15-18-9-6-10-20(13-18)30-16-17-7-4-3-5-8-17/h3-15H,2,16H2,1H3. The number of hydrogen-bond acceptors (Lipinski definition) is 4. The molecule has 1 heterocycles. The Morgan fingerprint density at radius 1 is 1.07 bits per heavy atom. The molecule has 0 radical (unpaired) electrons. The van der Waals surface area contributed by atoms with Crippen LogP contribution in [-0.2, 0) is 13.0 Å². The third-order valence-corrected chi connectivity index (χ3v) is 5.11. The molecule has 5 nitrogen and oxygen atoms in total. The van der Waals surface area contributed by atoms with Crippen LogP contribution in [0.5, 0.6) is 5.75 Å². The highest BCUT2D eigenvalue weighted by atomic mass is 79.9. The van der Waals surface area contributed by atoms with E-state index < -0.39 is 0 Å². The lowest BCUT2D eigenvalue weighted by atomic mass is 10.2. The Balaban J connectivity index is 1.61. The van der Waals surface area contributed by atoms with Crippen molar-refractivity contribution in [3.8, 4) is 5.75 Å². The first kappa shape index (κ1) is 20.0. The molecule has 0 aliphatic carbocycles. The molecule has 0 unspecified atom stereocenters. The minimum atomic E-state index is -0.189. The number of aryl methyl sites for hydroxylation is 1. The predicted molar refractivity (Wildman–Crippen MR) is 123 cm³/mol. The van der Waals surface area contributed by atoms with E-state index in [1.54, 1.807) is 12.3 Å². The van der Waals surface area contributed by atoms with Crippen molar-refractivity contribution in [2.75, 3.05) is 0 Å². The third kappa shape index (κ3) is 4.49. The topological polar surface area (TPSA) is 56.5 Å². The first-order chi connectivity index (χ1) is 14.6. The Kier molecular flexibility index (Phi) is 6.05. The maximum absolute atomic E-state index is 13.0. The second kappa shape index (κ2) is 9.05. The van der Waals surface area contributed by atoms with Crippen molar-refractivity contribution < 1.29 is 4.74 Å². The van der Waals surface area contributed by atoms with Gasteiger partial charge in [0.15, 0.2) is 0 Å². The maximum Gasteiger partial charge on any atom is 0.282 e. The van der Waals surface area contributed by atoms with Gasteiger partial charge in [0.1, 0.15) is 18.2 Å². The van der Waals surface area contributed by atoms with Crippen LogP contribution in [0, 0.1) is 0 Å². The summed E-state index contributed by atoms with van der Waals surface area (Å²) in [5.74, 6) is 1.36. The van der Waals surface area contributed by atoms with E-state index in [4.69, 9.17) is 4.74 Å². The molecule has 0 amide bonds. The lowest BCUT2D eigenvalue weighted by Crippen LogP contribution is -2.22. The largest absolute Gasteiger partial charge is 0.489 e. The summed E-state index contributed by atoms with van der Waals surface area (Å²) in [5.41, 5.74) is 2.42. The predicted octanol–water partition coefficient (Wildman–Crippen LogP) is 5.18. The van der Waals surface area contributed by atoms with Crippen LogP contribution in [0.25, 0.3) is 10.9 Å². The molecule has 6 heteroatoms. The Morgan fingerprint density at radius 2 is 1.90 bits per heavy atom. The SMILES string of the molecule is CCc1nc2ccc(Br)cc2c(=O)n1N=Cc1cccc(OCc2ccccc2)c1. The van der Waals surface area contributed by atoms with Gasteiger partial charge in [-0.05, 0) is 41.5 Å². The highest BCUT2D eigenvalue weighted by Crippen LogP contribution is 2.17.